The van der Waals surface area contributed by atoms with Gasteiger partial charge in [-0.05, 0) is 35.5 Å². The summed E-state index contributed by atoms with van der Waals surface area (Å²) in [4.78, 5) is 0. The number of hydrogen-bond acceptors (Lipinski definition) is 2. The highest BCUT2D eigenvalue weighted by molar-refractivity contribution is 7.98. The average Bonchev–Trinajstić information content (AvgIpc) is 2.26. The minimum atomic E-state index is 1.19. The van der Waals surface area contributed by atoms with Crippen LogP contribution in [0, 0.1) is 0 Å². The van der Waals surface area contributed by atoms with Gasteiger partial charge in [0.05, 0.1) is 0 Å². The molecule has 2 rings (SSSR count). The molecule has 0 N–H and O–H groups in total. The van der Waals surface area contributed by atoms with Crippen molar-refractivity contribution >= 4 is 23.5 Å². The molecule has 2 bridgehead atoms. The maximum absolute atomic E-state index is 2.38. The third-order valence-corrected chi connectivity index (χ3v) is 4.84. The van der Waals surface area contributed by atoms with Gasteiger partial charge in [-0.25, -0.2) is 0 Å². The molecule has 1 aromatic rings. The lowest BCUT2D eigenvalue weighted by molar-refractivity contribution is 0.785. The van der Waals surface area contributed by atoms with Crippen LogP contribution >= 0.6 is 23.5 Å². The van der Waals surface area contributed by atoms with E-state index in [-0.39, 0.29) is 0 Å². The summed E-state index contributed by atoms with van der Waals surface area (Å²) < 4.78 is 0. The Bertz CT molecular complexity index is 271. The maximum Gasteiger partial charge on any atom is 0.0184 e. The fraction of sp³-hybridized carbons (Fsp3) is 0.538. The van der Waals surface area contributed by atoms with Crippen molar-refractivity contribution in [2.75, 3.05) is 11.5 Å². The van der Waals surface area contributed by atoms with Crippen molar-refractivity contribution in [1.29, 1.82) is 0 Å². The zero-order valence-electron chi connectivity index (χ0n) is 9.08. The lowest BCUT2D eigenvalue weighted by Gasteiger charge is -2.08. The quantitative estimate of drug-likeness (QED) is 0.659. The highest BCUT2D eigenvalue weighted by atomic mass is 32.2. The van der Waals surface area contributed by atoms with Crippen LogP contribution in [0.2, 0.25) is 0 Å². The first kappa shape index (κ1) is 11.4. The first-order chi connectivity index (χ1) is 7.45. The van der Waals surface area contributed by atoms with Gasteiger partial charge in [-0.1, -0.05) is 30.7 Å². The Morgan fingerprint density at radius 1 is 0.800 bits per heavy atom. The van der Waals surface area contributed by atoms with Crippen LogP contribution < -0.4 is 0 Å². The van der Waals surface area contributed by atoms with E-state index in [1.165, 1.54) is 53.4 Å². The van der Waals surface area contributed by atoms with Gasteiger partial charge in [0.25, 0.3) is 0 Å². The van der Waals surface area contributed by atoms with Crippen molar-refractivity contribution < 1.29 is 0 Å². The minimum Gasteiger partial charge on any atom is -0.157 e. The Hall–Kier alpha value is -0.0800. The van der Waals surface area contributed by atoms with Gasteiger partial charge in [-0.3, -0.25) is 0 Å². The molecule has 0 unspecified atom stereocenters. The molecule has 82 valence electrons. The molecule has 0 saturated carbocycles. The summed E-state index contributed by atoms with van der Waals surface area (Å²) in [7, 11) is 0. The van der Waals surface area contributed by atoms with Crippen molar-refractivity contribution in [3.8, 4) is 0 Å². The Labute approximate surface area is 101 Å². The summed E-state index contributed by atoms with van der Waals surface area (Å²) in [6.07, 6.45) is 4.20. The summed E-state index contributed by atoms with van der Waals surface area (Å²) >= 11 is 4.17. The van der Waals surface area contributed by atoms with E-state index in [0.717, 1.165) is 0 Å². The van der Waals surface area contributed by atoms with Crippen LogP contribution in [0.25, 0.3) is 0 Å². The fourth-order valence-corrected chi connectivity index (χ4v) is 3.71. The predicted octanol–water partition coefficient (Wildman–Crippen LogP) is 4.34. The van der Waals surface area contributed by atoms with Gasteiger partial charge in [0.2, 0.25) is 0 Å². The van der Waals surface area contributed by atoms with E-state index in [2.05, 4.69) is 47.8 Å². The lowest BCUT2D eigenvalue weighted by Crippen LogP contribution is -1.91. The number of hydrogen-bond donors (Lipinski definition) is 0. The molecular formula is C13H18S2. The third-order valence-electron chi connectivity index (χ3n) is 2.61. The molecule has 0 saturated heterocycles. The Kier molecular flexibility index (Phi) is 4.94. The van der Waals surface area contributed by atoms with Crippen LogP contribution in [0.3, 0.4) is 0 Å². The van der Waals surface area contributed by atoms with E-state index in [1.807, 2.05) is 0 Å². The molecule has 0 spiro atoms. The van der Waals surface area contributed by atoms with Crippen molar-refractivity contribution in [2.45, 2.75) is 30.8 Å². The minimum absolute atomic E-state index is 1.19. The molecule has 1 heterocycles. The van der Waals surface area contributed by atoms with Gasteiger partial charge in [-0.15, -0.1) is 0 Å². The standard InChI is InChI=1S/C13H18S2/c1-2-7-14-10-12-5-4-6-13(9-12)11-15-8-3-1/h4-6,9H,1-3,7-8,10-11H2. The second kappa shape index (κ2) is 6.49. The number of thioether (sulfide) groups is 2. The van der Waals surface area contributed by atoms with Gasteiger partial charge >= 0.3 is 0 Å². The summed E-state index contributed by atoms with van der Waals surface area (Å²) in [6, 6.07) is 9.10. The van der Waals surface area contributed by atoms with Crippen LogP contribution in [0.4, 0.5) is 0 Å². The van der Waals surface area contributed by atoms with Crippen molar-refractivity contribution in [3.63, 3.8) is 0 Å². The molecule has 0 fully saturated rings. The second-order valence-corrected chi connectivity index (χ2v) is 6.20. The molecule has 0 atom stereocenters. The average molecular weight is 238 g/mol. The zero-order valence-corrected chi connectivity index (χ0v) is 10.7. The van der Waals surface area contributed by atoms with Gasteiger partial charge < -0.3 is 0 Å². The van der Waals surface area contributed by atoms with Crippen molar-refractivity contribution in [1.82, 2.24) is 0 Å². The van der Waals surface area contributed by atoms with Crippen LogP contribution in [0.15, 0.2) is 24.3 Å². The Balaban J connectivity index is 2.00. The largest absolute Gasteiger partial charge is 0.157 e. The van der Waals surface area contributed by atoms with E-state index in [1.54, 1.807) is 0 Å². The fourth-order valence-electron chi connectivity index (χ4n) is 1.77. The zero-order chi connectivity index (χ0) is 10.3. The molecule has 0 radical (unpaired) electrons. The van der Waals surface area contributed by atoms with E-state index in [4.69, 9.17) is 0 Å². The monoisotopic (exact) mass is 238 g/mol. The van der Waals surface area contributed by atoms with E-state index in [0.29, 0.717) is 0 Å². The van der Waals surface area contributed by atoms with Crippen LogP contribution in [0.5, 0.6) is 0 Å². The molecule has 1 aromatic carbocycles. The SMILES string of the molecule is c1cc2cc(c1)CSCCCCCSC2. The number of fused-ring (bicyclic) bond motifs is 2. The van der Waals surface area contributed by atoms with Crippen LogP contribution in [0.1, 0.15) is 30.4 Å². The second-order valence-electron chi connectivity index (χ2n) is 3.99. The predicted molar refractivity (Wildman–Crippen MR) is 72.6 cm³/mol. The van der Waals surface area contributed by atoms with Crippen LogP contribution in [-0.2, 0) is 11.5 Å². The highest BCUT2D eigenvalue weighted by Gasteiger charge is 2.00. The number of rotatable bonds is 0. The summed E-state index contributed by atoms with van der Waals surface area (Å²) in [5, 5.41) is 0. The highest BCUT2D eigenvalue weighted by Crippen LogP contribution is 2.20. The normalized spacial score (nSPS) is 18.9. The molecule has 0 amide bonds. The lowest BCUT2D eigenvalue weighted by atomic mass is 10.2. The molecule has 2 heteroatoms. The molecule has 15 heavy (non-hydrogen) atoms. The van der Waals surface area contributed by atoms with E-state index in [9.17, 15) is 0 Å². The molecule has 0 aromatic heterocycles. The van der Waals surface area contributed by atoms with Crippen molar-refractivity contribution in [2.24, 2.45) is 0 Å². The molecule has 0 nitrogen and oxygen atoms in total. The molecule has 0 aliphatic carbocycles. The van der Waals surface area contributed by atoms with E-state index >= 15 is 0 Å². The Morgan fingerprint density at radius 3 is 2.00 bits per heavy atom. The summed E-state index contributed by atoms with van der Waals surface area (Å²) in [6.45, 7) is 0. The van der Waals surface area contributed by atoms with E-state index < -0.39 is 0 Å². The number of benzene rings is 1. The summed E-state index contributed by atoms with van der Waals surface area (Å²) in [5.74, 6) is 5.04. The first-order valence-electron chi connectivity index (χ1n) is 5.68. The Morgan fingerprint density at radius 2 is 1.40 bits per heavy atom. The smallest absolute Gasteiger partial charge is 0.0184 e. The molecule has 1 aliphatic heterocycles. The third kappa shape index (κ3) is 4.12. The topological polar surface area (TPSA) is 0 Å². The van der Waals surface area contributed by atoms with Gasteiger partial charge in [0.1, 0.15) is 0 Å². The molecular weight excluding hydrogens is 220 g/mol. The summed E-state index contributed by atoms with van der Waals surface area (Å²) in [5.41, 5.74) is 3.00. The van der Waals surface area contributed by atoms with Crippen LogP contribution in [-0.4, -0.2) is 11.5 Å². The van der Waals surface area contributed by atoms with Gasteiger partial charge in [-0.2, -0.15) is 23.5 Å². The van der Waals surface area contributed by atoms with Crippen molar-refractivity contribution in [3.05, 3.63) is 35.4 Å². The van der Waals surface area contributed by atoms with Gasteiger partial charge in [0, 0.05) is 11.5 Å². The maximum atomic E-state index is 2.38. The molecule has 1 aliphatic rings. The van der Waals surface area contributed by atoms with Gasteiger partial charge in [0.15, 0.2) is 0 Å². The first-order valence-corrected chi connectivity index (χ1v) is 7.99.